The predicted octanol–water partition coefficient (Wildman–Crippen LogP) is 5.96. The summed E-state index contributed by atoms with van der Waals surface area (Å²) >= 11 is 0. The van der Waals surface area contributed by atoms with E-state index < -0.39 is 8.07 Å². The lowest BCUT2D eigenvalue weighted by Crippen LogP contribution is -2.39. The van der Waals surface area contributed by atoms with Crippen LogP contribution in [0.3, 0.4) is 0 Å². The second-order valence-electron chi connectivity index (χ2n) is 7.85. The topological polar surface area (TPSA) is 0 Å². The Morgan fingerprint density at radius 3 is 2.40 bits per heavy atom. The quantitative estimate of drug-likeness (QED) is 0.441. The van der Waals surface area contributed by atoms with Crippen LogP contribution in [0.15, 0.2) is 37.0 Å². The molecule has 0 radical (unpaired) electrons. The van der Waals surface area contributed by atoms with Crippen molar-refractivity contribution in [3.05, 3.63) is 37.0 Å². The third-order valence-electron chi connectivity index (χ3n) is 6.62. The summed E-state index contributed by atoms with van der Waals surface area (Å²) in [7, 11) is -1.14. The van der Waals surface area contributed by atoms with Crippen LogP contribution in [0.1, 0.15) is 38.5 Å². The van der Waals surface area contributed by atoms with Gasteiger partial charge in [0, 0.05) is 0 Å². The van der Waals surface area contributed by atoms with Gasteiger partial charge < -0.3 is 0 Å². The molecule has 0 nitrogen and oxygen atoms in total. The van der Waals surface area contributed by atoms with Crippen LogP contribution >= 0.6 is 0 Å². The fourth-order valence-corrected chi connectivity index (χ4v) is 10.1. The zero-order valence-electron chi connectivity index (χ0n) is 13.2. The van der Waals surface area contributed by atoms with Gasteiger partial charge in [0.15, 0.2) is 0 Å². The molecule has 2 saturated carbocycles. The minimum Gasteiger partial charge on any atom is -0.103 e. The van der Waals surface area contributed by atoms with Crippen molar-refractivity contribution >= 4 is 8.07 Å². The molecule has 0 spiro atoms. The smallest absolute Gasteiger partial charge is 0.0542 e. The maximum atomic E-state index is 4.00. The fourth-order valence-electron chi connectivity index (χ4n) is 5.40. The summed E-state index contributed by atoms with van der Waals surface area (Å²) in [5.74, 6) is 2.50. The van der Waals surface area contributed by atoms with Crippen molar-refractivity contribution in [1.29, 1.82) is 0 Å². The first-order valence-corrected chi connectivity index (χ1v) is 11.8. The van der Waals surface area contributed by atoms with E-state index in [9.17, 15) is 0 Å². The molecule has 1 heteroatoms. The number of hydrogen-bond acceptors (Lipinski definition) is 0. The maximum Gasteiger partial charge on any atom is 0.0542 e. The van der Waals surface area contributed by atoms with Crippen LogP contribution in [0.4, 0.5) is 0 Å². The van der Waals surface area contributed by atoms with Gasteiger partial charge in [-0.1, -0.05) is 69.2 Å². The van der Waals surface area contributed by atoms with E-state index in [2.05, 4.69) is 50.1 Å². The molecular formula is C19H30Si. The van der Waals surface area contributed by atoms with Gasteiger partial charge in [0.25, 0.3) is 0 Å². The number of fused-ring (bicyclic) bond motifs is 1. The highest BCUT2D eigenvalue weighted by atomic mass is 28.3. The Bertz CT molecular complexity index is 411. The van der Waals surface area contributed by atoms with Crippen molar-refractivity contribution in [3.63, 3.8) is 0 Å². The molecule has 0 aromatic carbocycles. The Morgan fingerprint density at radius 1 is 1.10 bits per heavy atom. The van der Waals surface area contributed by atoms with E-state index in [4.69, 9.17) is 0 Å². The van der Waals surface area contributed by atoms with Crippen molar-refractivity contribution in [1.82, 2.24) is 0 Å². The maximum absolute atomic E-state index is 4.00. The molecule has 0 aromatic heterocycles. The first-order valence-electron chi connectivity index (χ1n) is 8.60. The van der Waals surface area contributed by atoms with Gasteiger partial charge in [-0.3, -0.25) is 0 Å². The molecule has 3 rings (SSSR count). The molecular weight excluding hydrogens is 256 g/mol. The van der Waals surface area contributed by atoms with Crippen LogP contribution in [-0.4, -0.2) is 8.07 Å². The van der Waals surface area contributed by atoms with Gasteiger partial charge in [-0.05, 0) is 41.7 Å². The molecule has 0 aliphatic heterocycles. The van der Waals surface area contributed by atoms with Gasteiger partial charge in [0.1, 0.15) is 0 Å². The Kier molecular flexibility index (Phi) is 4.08. The molecule has 20 heavy (non-hydrogen) atoms. The van der Waals surface area contributed by atoms with Crippen LogP contribution in [0.25, 0.3) is 0 Å². The zero-order valence-corrected chi connectivity index (χ0v) is 14.2. The van der Waals surface area contributed by atoms with Crippen molar-refractivity contribution in [2.75, 3.05) is 0 Å². The van der Waals surface area contributed by atoms with Crippen molar-refractivity contribution in [2.45, 2.75) is 62.7 Å². The first kappa shape index (κ1) is 14.4. The average Bonchev–Trinajstić information content (AvgIpc) is 3.08. The highest BCUT2D eigenvalue weighted by molar-refractivity contribution is 6.80. The van der Waals surface area contributed by atoms with Crippen LogP contribution in [0.2, 0.25) is 24.2 Å². The van der Waals surface area contributed by atoms with E-state index in [1.807, 2.05) is 0 Å². The molecule has 0 N–H and O–H groups in total. The third-order valence-corrected chi connectivity index (χ3v) is 11.8. The fraction of sp³-hybridized carbons (Fsp3) is 0.684. The average molecular weight is 287 g/mol. The van der Waals surface area contributed by atoms with E-state index in [1.165, 1.54) is 38.5 Å². The summed E-state index contributed by atoms with van der Waals surface area (Å²) in [4.78, 5) is 0. The molecule has 0 bridgehead atoms. The summed E-state index contributed by atoms with van der Waals surface area (Å²) in [5.41, 5.74) is 2.09. The standard InChI is InChI=1S/C19H30Si/c1-4-9-15-14-19(18-13-8-7-12-17(15)18)20(2,3)16-10-5-6-11-16/h4,7-8,12-13,15-19H,1,5-6,9-11,14H2,2-3H3. The van der Waals surface area contributed by atoms with Crippen LogP contribution in [0, 0.1) is 17.8 Å². The monoisotopic (exact) mass is 286 g/mol. The molecule has 0 saturated heterocycles. The Labute approximate surface area is 126 Å². The zero-order chi connectivity index (χ0) is 14.2. The second-order valence-corrected chi connectivity index (χ2v) is 13.1. The van der Waals surface area contributed by atoms with E-state index >= 15 is 0 Å². The van der Waals surface area contributed by atoms with Gasteiger partial charge in [0.05, 0.1) is 8.07 Å². The second kappa shape index (κ2) is 5.67. The predicted molar refractivity (Wildman–Crippen MR) is 91.6 cm³/mol. The van der Waals surface area contributed by atoms with Crippen molar-refractivity contribution in [3.8, 4) is 0 Å². The van der Waals surface area contributed by atoms with Gasteiger partial charge in [-0.2, -0.15) is 0 Å². The molecule has 3 aliphatic carbocycles. The summed E-state index contributed by atoms with van der Waals surface area (Å²) in [5, 5.41) is 0. The third kappa shape index (κ3) is 2.39. The molecule has 0 heterocycles. The minimum absolute atomic E-state index is 0.802. The lowest BCUT2D eigenvalue weighted by Gasteiger charge is -2.39. The molecule has 2 fully saturated rings. The van der Waals surface area contributed by atoms with Gasteiger partial charge in [-0.15, -0.1) is 6.58 Å². The van der Waals surface area contributed by atoms with Crippen molar-refractivity contribution in [2.24, 2.45) is 17.8 Å². The minimum atomic E-state index is -1.14. The van der Waals surface area contributed by atoms with Crippen molar-refractivity contribution < 1.29 is 0 Å². The Hall–Kier alpha value is -0.563. The molecule has 4 atom stereocenters. The highest BCUT2D eigenvalue weighted by Gasteiger charge is 2.50. The van der Waals surface area contributed by atoms with E-state index in [0.717, 1.165) is 28.8 Å². The summed E-state index contributed by atoms with van der Waals surface area (Å²) in [6.07, 6.45) is 20.5. The van der Waals surface area contributed by atoms with Crippen LogP contribution < -0.4 is 0 Å². The highest BCUT2D eigenvalue weighted by Crippen LogP contribution is 2.57. The molecule has 0 amide bonds. The first-order chi connectivity index (χ1) is 9.64. The van der Waals surface area contributed by atoms with Gasteiger partial charge in [0.2, 0.25) is 0 Å². The normalized spacial score (nSPS) is 37.3. The summed E-state index contributed by atoms with van der Waals surface area (Å²) < 4.78 is 0. The number of hydrogen-bond donors (Lipinski definition) is 0. The van der Waals surface area contributed by atoms with Crippen LogP contribution in [0.5, 0.6) is 0 Å². The SMILES string of the molecule is C=CCC1CC([Si](C)(C)C2CCCC2)C2C=CC=CC12. The molecule has 3 aliphatic rings. The largest absolute Gasteiger partial charge is 0.103 e. The van der Waals surface area contributed by atoms with E-state index in [0.29, 0.717) is 0 Å². The lowest BCUT2D eigenvalue weighted by molar-refractivity contribution is 0.422. The number of allylic oxidation sites excluding steroid dienone is 5. The molecule has 0 aromatic rings. The Balaban J connectivity index is 1.83. The summed E-state index contributed by atoms with van der Waals surface area (Å²) in [6, 6.07) is 0. The van der Waals surface area contributed by atoms with Crippen LogP contribution in [-0.2, 0) is 0 Å². The van der Waals surface area contributed by atoms with Gasteiger partial charge in [-0.25, -0.2) is 0 Å². The van der Waals surface area contributed by atoms with E-state index in [1.54, 1.807) is 0 Å². The lowest BCUT2D eigenvalue weighted by atomic mass is 9.85. The Morgan fingerprint density at radius 2 is 1.75 bits per heavy atom. The number of rotatable bonds is 4. The summed E-state index contributed by atoms with van der Waals surface area (Å²) in [6.45, 7) is 9.40. The molecule has 4 unspecified atom stereocenters. The van der Waals surface area contributed by atoms with Gasteiger partial charge >= 0.3 is 0 Å². The van der Waals surface area contributed by atoms with E-state index in [-0.39, 0.29) is 0 Å². The molecule has 110 valence electrons.